The van der Waals surface area contributed by atoms with Crippen molar-refractivity contribution >= 4 is 34.8 Å². The number of hydrogen-bond donors (Lipinski definition) is 0. The summed E-state index contributed by atoms with van der Waals surface area (Å²) in [6.45, 7) is 1.29. The molecule has 0 unspecified atom stereocenters. The van der Waals surface area contributed by atoms with E-state index in [0.717, 1.165) is 22.5 Å². The number of benzene rings is 2. The molecule has 2 heterocycles. The highest BCUT2D eigenvalue weighted by atomic mass is 35.5. The quantitative estimate of drug-likeness (QED) is 0.416. The summed E-state index contributed by atoms with van der Waals surface area (Å²) in [6.07, 6.45) is -4.81. The summed E-state index contributed by atoms with van der Waals surface area (Å²) in [5.74, 6) is -0.430. The van der Waals surface area contributed by atoms with Gasteiger partial charge < -0.3 is 14.5 Å². The van der Waals surface area contributed by atoms with E-state index < -0.39 is 35.2 Å². The third-order valence-corrected chi connectivity index (χ3v) is 6.37. The van der Waals surface area contributed by atoms with Gasteiger partial charge in [-0.3, -0.25) is 9.48 Å². The van der Waals surface area contributed by atoms with Crippen LogP contribution in [0.15, 0.2) is 42.5 Å². The second-order valence-corrected chi connectivity index (χ2v) is 8.65. The first-order chi connectivity index (χ1) is 16.6. The van der Waals surface area contributed by atoms with Crippen molar-refractivity contribution in [1.29, 1.82) is 0 Å². The van der Waals surface area contributed by atoms with Gasteiger partial charge >= 0.3 is 6.18 Å². The highest BCUT2D eigenvalue weighted by molar-refractivity contribution is 6.34. The molecule has 35 heavy (non-hydrogen) atoms. The van der Waals surface area contributed by atoms with Gasteiger partial charge in [-0.25, -0.2) is 4.39 Å². The lowest BCUT2D eigenvalue weighted by atomic mass is 10.1. The third-order valence-electron chi connectivity index (χ3n) is 5.70. The Labute approximate surface area is 208 Å². The van der Waals surface area contributed by atoms with Crippen LogP contribution < -0.4 is 9.64 Å². The molecule has 3 aromatic rings. The number of nitrogens with zero attached hydrogens (tertiary/aromatic N) is 4. The largest absolute Gasteiger partial charge is 0.495 e. The van der Waals surface area contributed by atoms with Gasteiger partial charge in [0.25, 0.3) is 0 Å². The summed E-state index contributed by atoms with van der Waals surface area (Å²) < 4.78 is 59.9. The highest BCUT2D eigenvalue weighted by Gasteiger charge is 2.39. The molecule has 0 spiro atoms. The fraction of sp³-hybridized carbons (Fsp3) is 0.304. The van der Waals surface area contributed by atoms with Crippen LogP contribution in [0.5, 0.6) is 5.75 Å². The highest BCUT2D eigenvalue weighted by Crippen LogP contribution is 2.39. The van der Waals surface area contributed by atoms with Crippen LogP contribution in [0.3, 0.4) is 0 Å². The number of alkyl halides is 3. The summed E-state index contributed by atoms with van der Waals surface area (Å²) in [4.78, 5) is 16.6. The van der Waals surface area contributed by atoms with E-state index in [0.29, 0.717) is 37.0 Å². The Bertz CT molecular complexity index is 1220. The maximum Gasteiger partial charge on any atom is 0.436 e. The predicted molar refractivity (Wildman–Crippen MR) is 124 cm³/mol. The van der Waals surface area contributed by atoms with E-state index >= 15 is 0 Å². The minimum atomic E-state index is -4.81. The fourth-order valence-corrected chi connectivity index (χ4v) is 4.45. The average Bonchev–Trinajstić information content (AvgIpc) is 3.16. The zero-order chi connectivity index (χ0) is 25.3. The van der Waals surface area contributed by atoms with Gasteiger partial charge in [0.2, 0.25) is 5.91 Å². The molecule has 0 saturated carbocycles. The number of halogens is 6. The molecule has 186 valence electrons. The van der Waals surface area contributed by atoms with Gasteiger partial charge in [-0.2, -0.15) is 18.3 Å². The monoisotopic (exact) mass is 530 g/mol. The standard InChI is InChI=1S/C23H20Cl2F4N4O2/c1-35-18-12-16(6-7-17(18)24)31-8-10-32(11-9-31)19(34)13-33-21(14-2-4-15(26)5-3-14)20(25)22(30-33)23(27,28)29/h2-7,12H,8-11,13H2,1H3. The molecule has 0 bridgehead atoms. The second kappa shape index (κ2) is 9.94. The van der Waals surface area contributed by atoms with Gasteiger partial charge in [0.1, 0.15) is 18.1 Å². The minimum absolute atomic E-state index is 0.0979. The van der Waals surface area contributed by atoms with Crippen molar-refractivity contribution in [1.82, 2.24) is 14.7 Å². The lowest BCUT2D eigenvalue weighted by Gasteiger charge is -2.36. The van der Waals surface area contributed by atoms with Crippen LogP contribution in [0, 0.1) is 5.82 Å². The van der Waals surface area contributed by atoms with E-state index in [-0.39, 0.29) is 11.3 Å². The maximum absolute atomic E-state index is 13.5. The van der Waals surface area contributed by atoms with E-state index in [1.165, 1.54) is 19.2 Å². The second-order valence-electron chi connectivity index (χ2n) is 7.86. The molecule has 4 rings (SSSR count). The van der Waals surface area contributed by atoms with Crippen molar-refractivity contribution in [3.05, 3.63) is 64.0 Å². The summed E-state index contributed by atoms with van der Waals surface area (Å²) in [7, 11) is 1.52. The van der Waals surface area contributed by atoms with E-state index in [4.69, 9.17) is 27.9 Å². The van der Waals surface area contributed by atoms with Crippen molar-refractivity contribution in [2.75, 3.05) is 38.2 Å². The Kier molecular flexibility index (Phi) is 7.14. The van der Waals surface area contributed by atoms with Gasteiger partial charge in [-0.15, -0.1) is 0 Å². The summed E-state index contributed by atoms with van der Waals surface area (Å²) in [5.41, 5.74) is -0.300. The molecule has 1 amide bonds. The summed E-state index contributed by atoms with van der Waals surface area (Å²) in [5, 5.41) is 3.43. The van der Waals surface area contributed by atoms with Gasteiger partial charge in [0.15, 0.2) is 5.69 Å². The molecule has 1 fully saturated rings. The van der Waals surface area contributed by atoms with Crippen molar-refractivity contribution in [3.8, 4) is 17.0 Å². The summed E-state index contributed by atoms with van der Waals surface area (Å²) in [6, 6.07) is 10.2. The van der Waals surface area contributed by atoms with Gasteiger partial charge in [0, 0.05) is 43.5 Å². The predicted octanol–water partition coefficient (Wildman–Crippen LogP) is 5.37. The molecule has 0 atom stereocenters. The van der Waals surface area contributed by atoms with Crippen molar-refractivity contribution in [3.63, 3.8) is 0 Å². The number of amides is 1. The molecular formula is C23H20Cl2F4N4O2. The molecule has 12 heteroatoms. The molecule has 2 aromatic carbocycles. The maximum atomic E-state index is 13.5. The Hall–Kier alpha value is -2.98. The average molecular weight is 531 g/mol. The van der Waals surface area contributed by atoms with Crippen molar-refractivity contribution in [2.24, 2.45) is 0 Å². The number of ether oxygens (including phenoxy) is 1. The molecule has 0 radical (unpaired) electrons. The first-order valence-electron chi connectivity index (χ1n) is 10.5. The number of carbonyl (C=O) groups is 1. The zero-order valence-electron chi connectivity index (χ0n) is 18.5. The first kappa shape index (κ1) is 25.1. The van der Waals surface area contributed by atoms with E-state index in [1.807, 2.05) is 6.07 Å². The number of methoxy groups -OCH3 is 1. The summed E-state index contributed by atoms with van der Waals surface area (Å²) >= 11 is 12.1. The number of aromatic nitrogens is 2. The first-order valence-corrected chi connectivity index (χ1v) is 11.3. The Morgan fingerprint density at radius 3 is 2.31 bits per heavy atom. The van der Waals surface area contributed by atoms with E-state index in [1.54, 1.807) is 17.0 Å². The minimum Gasteiger partial charge on any atom is -0.495 e. The third kappa shape index (κ3) is 5.33. The molecule has 0 aliphatic carbocycles. The zero-order valence-corrected chi connectivity index (χ0v) is 20.0. The smallest absolute Gasteiger partial charge is 0.436 e. The molecule has 1 aromatic heterocycles. The van der Waals surface area contributed by atoms with E-state index in [2.05, 4.69) is 10.00 Å². The lowest BCUT2D eigenvalue weighted by molar-refractivity contribution is -0.142. The molecule has 0 N–H and O–H groups in total. The molecule has 1 aliphatic heterocycles. The van der Waals surface area contributed by atoms with Crippen molar-refractivity contribution in [2.45, 2.75) is 12.7 Å². The van der Waals surface area contributed by atoms with Crippen LogP contribution >= 0.6 is 23.2 Å². The normalized spacial score (nSPS) is 14.4. The van der Waals surface area contributed by atoms with Gasteiger partial charge in [-0.1, -0.05) is 23.2 Å². The van der Waals surface area contributed by atoms with Crippen LogP contribution in [-0.4, -0.2) is 53.9 Å². The molecule has 1 saturated heterocycles. The Morgan fingerprint density at radius 1 is 1.06 bits per heavy atom. The van der Waals surface area contributed by atoms with Crippen LogP contribution in [0.2, 0.25) is 10.0 Å². The van der Waals surface area contributed by atoms with Gasteiger partial charge in [0.05, 0.1) is 22.8 Å². The Morgan fingerprint density at radius 2 is 1.71 bits per heavy atom. The van der Waals surface area contributed by atoms with Crippen LogP contribution in [0.1, 0.15) is 5.69 Å². The topological polar surface area (TPSA) is 50.6 Å². The number of anilines is 1. The molecule has 6 nitrogen and oxygen atoms in total. The number of piperazine rings is 1. The van der Waals surface area contributed by atoms with Crippen LogP contribution in [0.4, 0.5) is 23.2 Å². The van der Waals surface area contributed by atoms with Crippen LogP contribution in [-0.2, 0) is 17.5 Å². The molecular weight excluding hydrogens is 511 g/mol. The Balaban J connectivity index is 1.52. The SMILES string of the molecule is COc1cc(N2CCN(C(=O)Cn3nc(C(F)(F)F)c(Cl)c3-c3ccc(F)cc3)CC2)ccc1Cl. The molecule has 1 aliphatic rings. The van der Waals surface area contributed by atoms with Crippen LogP contribution in [0.25, 0.3) is 11.3 Å². The fourth-order valence-electron chi connectivity index (χ4n) is 3.91. The van der Waals surface area contributed by atoms with Crippen molar-refractivity contribution < 1.29 is 27.1 Å². The number of rotatable bonds is 5. The lowest BCUT2D eigenvalue weighted by Crippen LogP contribution is -2.49. The van der Waals surface area contributed by atoms with Gasteiger partial charge in [-0.05, 0) is 36.4 Å². The van der Waals surface area contributed by atoms with E-state index in [9.17, 15) is 22.4 Å². The number of carbonyl (C=O) groups excluding carboxylic acids is 1. The number of hydrogen-bond acceptors (Lipinski definition) is 4.